The van der Waals surface area contributed by atoms with Gasteiger partial charge in [0, 0.05) is 18.5 Å². The monoisotopic (exact) mass is 258 g/mol. The van der Waals surface area contributed by atoms with Gasteiger partial charge in [-0.25, -0.2) is 13.4 Å². The highest BCUT2D eigenvalue weighted by atomic mass is 32.2. The Bertz CT molecular complexity index is 557. The SMILES string of the molecule is CCC(CC)n1cc(C)nc(S(C)(=O)=O)c1=O. The summed E-state index contributed by atoms with van der Waals surface area (Å²) in [6.45, 7) is 5.62. The van der Waals surface area contributed by atoms with Gasteiger partial charge in [-0.3, -0.25) is 4.79 Å². The Morgan fingerprint density at radius 2 is 1.88 bits per heavy atom. The molecule has 0 N–H and O–H groups in total. The quantitative estimate of drug-likeness (QED) is 0.816. The molecule has 1 aromatic heterocycles. The first-order valence-electron chi connectivity index (χ1n) is 5.61. The van der Waals surface area contributed by atoms with Crippen LogP contribution < -0.4 is 5.56 Å². The molecule has 6 heteroatoms. The lowest BCUT2D eigenvalue weighted by molar-refractivity contribution is 0.446. The van der Waals surface area contributed by atoms with E-state index in [1.165, 1.54) is 4.57 Å². The molecule has 0 saturated carbocycles. The predicted molar refractivity (Wildman–Crippen MR) is 66.0 cm³/mol. The van der Waals surface area contributed by atoms with E-state index < -0.39 is 15.4 Å². The van der Waals surface area contributed by atoms with Crippen molar-refractivity contribution in [2.24, 2.45) is 0 Å². The first kappa shape index (κ1) is 13.9. The predicted octanol–water partition coefficient (Wildman–Crippen LogP) is 1.32. The number of aromatic nitrogens is 2. The molecule has 0 saturated heterocycles. The third-order valence-electron chi connectivity index (χ3n) is 2.71. The van der Waals surface area contributed by atoms with E-state index in [1.54, 1.807) is 13.1 Å². The molecule has 0 amide bonds. The minimum atomic E-state index is -3.57. The summed E-state index contributed by atoms with van der Waals surface area (Å²) in [7, 11) is -3.57. The highest BCUT2D eigenvalue weighted by Crippen LogP contribution is 2.14. The maximum Gasteiger partial charge on any atom is 0.288 e. The molecule has 0 aliphatic carbocycles. The average molecular weight is 258 g/mol. The molecule has 0 aliphatic heterocycles. The molecule has 0 aliphatic rings. The third kappa shape index (κ3) is 2.94. The van der Waals surface area contributed by atoms with Crippen molar-refractivity contribution < 1.29 is 8.42 Å². The lowest BCUT2D eigenvalue weighted by Crippen LogP contribution is -2.30. The van der Waals surface area contributed by atoms with E-state index in [0.717, 1.165) is 19.1 Å². The third-order valence-corrected chi connectivity index (χ3v) is 3.68. The molecule has 96 valence electrons. The number of nitrogens with zero attached hydrogens (tertiary/aromatic N) is 2. The van der Waals surface area contributed by atoms with Crippen molar-refractivity contribution in [3.8, 4) is 0 Å². The maximum atomic E-state index is 12.0. The van der Waals surface area contributed by atoms with Crippen molar-refractivity contribution in [2.45, 2.75) is 44.7 Å². The standard InChI is InChI=1S/C11H18N2O3S/c1-5-9(6-2)13-7-8(3)12-10(11(13)14)17(4,15)16/h7,9H,5-6H2,1-4H3. The Morgan fingerprint density at radius 3 is 2.29 bits per heavy atom. The first-order chi connectivity index (χ1) is 7.81. The van der Waals surface area contributed by atoms with E-state index in [0.29, 0.717) is 5.69 Å². The largest absolute Gasteiger partial charge is 0.308 e. The molecule has 0 spiro atoms. The van der Waals surface area contributed by atoms with Crippen molar-refractivity contribution in [2.75, 3.05) is 6.26 Å². The summed E-state index contributed by atoms with van der Waals surface area (Å²) < 4.78 is 24.4. The van der Waals surface area contributed by atoms with Crippen molar-refractivity contribution in [1.29, 1.82) is 0 Å². The van der Waals surface area contributed by atoms with Gasteiger partial charge in [-0.05, 0) is 19.8 Å². The van der Waals surface area contributed by atoms with Crippen molar-refractivity contribution in [1.82, 2.24) is 9.55 Å². The fourth-order valence-electron chi connectivity index (χ4n) is 1.80. The Labute approximate surface area is 101 Å². The Hall–Kier alpha value is -1.17. The number of aryl methyl sites for hydroxylation is 1. The van der Waals surface area contributed by atoms with Gasteiger partial charge in [0.2, 0.25) is 5.03 Å². The zero-order valence-corrected chi connectivity index (χ0v) is 11.4. The van der Waals surface area contributed by atoms with Crippen molar-refractivity contribution in [3.05, 3.63) is 22.2 Å². The fraction of sp³-hybridized carbons (Fsp3) is 0.636. The average Bonchev–Trinajstić information content (AvgIpc) is 2.22. The van der Waals surface area contributed by atoms with Crippen LogP contribution in [0.25, 0.3) is 0 Å². The molecule has 5 nitrogen and oxygen atoms in total. The minimum Gasteiger partial charge on any atom is -0.308 e. The summed E-state index contributed by atoms with van der Waals surface area (Å²) in [5, 5.41) is -0.357. The van der Waals surface area contributed by atoms with Crippen LogP contribution in [0.15, 0.2) is 16.0 Å². The van der Waals surface area contributed by atoms with Crippen molar-refractivity contribution >= 4 is 9.84 Å². The Balaban J connectivity index is 3.55. The summed E-state index contributed by atoms with van der Waals surface area (Å²) in [6.07, 6.45) is 4.19. The number of hydrogen-bond acceptors (Lipinski definition) is 4. The van der Waals surface area contributed by atoms with E-state index in [2.05, 4.69) is 4.98 Å². The van der Waals surface area contributed by atoms with Crippen LogP contribution in [0.3, 0.4) is 0 Å². The zero-order valence-electron chi connectivity index (χ0n) is 10.6. The maximum absolute atomic E-state index is 12.0. The van der Waals surface area contributed by atoms with Crippen LogP contribution in [0.4, 0.5) is 0 Å². The number of sulfone groups is 1. The van der Waals surface area contributed by atoms with Gasteiger partial charge in [-0.2, -0.15) is 0 Å². The molecule has 1 rings (SSSR count). The van der Waals surface area contributed by atoms with E-state index in [4.69, 9.17) is 0 Å². The summed E-state index contributed by atoms with van der Waals surface area (Å²) in [4.78, 5) is 15.9. The van der Waals surface area contributed by atoms with E-state index in [9.17, 15) is 13.2 Å². The van der Waals surface area contributed by atoms with Crippen molar-refractivity contribution in [3.63, 3.8) is 0 Å². The minimum absolute atomic E-state index is 0.0182. The second kappa shape index (κ2) is 5.00. The van der Waals surface area contributed by atoms with Crippen LogP contribution in [-0.2, 0) is 9.84 Å². The van der Waals surface area contributed by atoms with Crippen LogP contribution >= 0.6 is 0 Å². The second-order valence-electron chi connectivity index (χ2n) is 4.14. The molecule has 0 unspecified atom stereocenters. The van der Waals surface area contributed by atoms with Crippen LogP contribution in [0, 0.1) is 6.92 Å². The fourth-order valence-corrected chi connectivity index (χ4v) is 2.53. The first-order valence-corrected chi connectivity index (χ1v) is 7.50. The summed E-state index contributed by atoms with van der Waals surface area (Å²) in [5.41, 5.74) is 0.0173. The molecule has 0 bridgehead atoms. The summed E-state index contributed by atoms with van der Waals surface area (Å²) in [6, 6.07) is 0.0182. The molecular formula is C11H18N2O3S. The van der Waals surface area contributed by atoms with Gasteiger partial charge < -0.3 is 4.57 Å². The van der Waals surface area contributed by atoms with Crippen LogP contribution in [-0.4, -0.2) is 24.2 Å². The Morgan fingerprint density at radius 1 is 1.35 bits per heavy atom. The lowest BCUT2D eigenvalue weighted by Gasteiger charge is -2.17. The molecule has 0 atom stereocenters. The summed E-state index contributed by atoms with van der Waals surface area (Å²) in [5.74, 6) is 0. The van der Waals surface area contributed by atoms with Gasteiger partial charge in [0.25, 0.3) is 5.56 Å². The van der Waals surface area contributed by atoms with Gasteiger partial charge in [0.05, 0.1) is 5.69 Å². The molecule has 0 fully saturated rings. The van der Waals surface area contributed by atoms with Crippen LogP contribution in [0.5, 0.6) is 0 Å². The molecule has 1 heterocycles. The summed E-state index contributed by atoms with van der Waals surface area (Å²) >= 11 is 0. The highest BCUT2D eigenvalue weighted by Gasteiger charge is 2.19. The molecule has 1 aromatic rings. The van der Waals surface area contributed by atoms with E-state index in [-0.39, 0.29) is 11.1 Å². The van der Waals surface area contributed by atoms with Gasteiger partial charge >= 0.3 is 0 Å². The zero-order chi connectivity index (χ0) is 13.2. The number of hydrogen-bond donors (Lipinski definition) is 0. The smallest absolute Gasteiger partial charge is 0.288 e. The molecule has 0 radical (unpaired) electrons. The van der Waals surface area contributed by atoms with E-state index >= 15 is 0 Å². The van der Waals surface area contributed by atoms with Crippen LogP contribution in [0.2, 0.25) is 0 Å². The lowest BCUT2D eigenvalue weighted by atomic mass is 10.1. The van der Waals surface area contributed by atoms with Gasteiger partial charge in [0.1, 0.15) is 0 Å². The topological polar surface area (TPSA) is 69.0 Å². The highest BCUT2D eigenvalue weighted by molar-refractivity contribution is 7.90. The molecular weight excluding hydrogens is 240 g/mol. The van der Waals surface area contributed by atoms with Gasteiger partial charge in [-0.1, -0.05) is 13.8 Å². The molecule has 0 aromatic carbocycles. The van der Waals surface area contributed by atoms with Crippen LogP contribution in [0.1, 0.15) is 38.4 Å². The van der Waals surface area contributed by atoms with E-state index in [1.807, 2.05) is 13.8 Å². The number of rotatable bonds is 4. The molecule has 17 heavy (non-hydrogen) atoms. The Kier molecular flexibility index (Phi) is 4.08. The van der Waals surface area contributed by atoms with Gasteiger partial charge in [0.15, 0.2) is 9.84 Å². The second-order valence-corrected chi connectivity index (χ2v) is 6.07. The van der Waals surface area contributed by atoms with Gasteiger partial charge in [-0.15, -0.1) is 0 Å². The normalized spacial score (nSPS) is 12.1.